The van der Waals surface area contributed by atoms with E-state index in [1.54, 1.807) is 4.68 Å². The highest BCUT2D eigenvalue weighted by molar-refractivity contribution is 5.90. The first-order chi connectivity index (χ1) is 9.68. The van der Waals surface area contributed by atoms with Gasteiger partial charge in [0.25, 0.3) is 0 Å². The van der Waals surface area contributed by atoms with Gasteiger partial charge in [0, 0.05) is 19.0 Å². The molecule has 0 spiro atoms. The Balaban J connectivity index is 1.98. The quantitative estimate of drug-likeness (QED) is 0.920. The van der Waals surface area contributed by atoms with E-state index >= 15 is 0 Å². The third-order valence-electron chi connectivity index (χ3n) is 4.73. The van der Waals surface area contributed by atoms with Gasteiger partial charge in [-0.25, -0.2) is 0 Å². The van der Waals surface area contributed by atoms with Crippen LogP contribution in [-0.2, 0) is 11.8 Å². The normalized spacial score (nSPS) is 24.9. The summed E-state index contributed by atoms with van der Waals surface area (Å²) in [6.45, 7) is 10.9. The van der Waals surface area contributed by atoms with Crippen molar-refractivity contribution in [3.63, 3.8) is 0 Å². The van der Waals surface area contributed by atoms with Crippen molar-refractivity contribution in [1.29, 1.82) is 0 Å². The van der Waals surface area contributed by atoms with Crippen LogP contribution in [0.15, 0.2) is 0 Å². The number of carbonyl (C=O) groups is 1. The summed E-state index contributed by atoms with van der Waals surface area (Å²) in [6, 6.07) is 0. The fraction of sp³-hybridized carbons (Fsp3) is 0.765. The molecule has 0 aromatic carbocycles. The van der Waals surface area contributed by atoms with Gasteiger partial charge in [-0.3, -0.25) is 9.48 Å². The van der Waals surface area contributed by atoms with Gasteiger partial charge in [0.2, 0.25) is 5.91 Å². The Morgan fingerprint density at radius 3 is 2.57 bits per heavy atom. The molecule has 2 unspecified atom stereocenters. The summed E-state index contributed by atoms with van der Waals surface area (Å²) in [5.41, 5.74) is 2.39. The minimum Gasteiger partial charge on any atom is -0.311 e. The number of anilines is 1. The monoisotopic (exact) mass is 291 g/mol. The fourth-order valence-corrected chi connectivity index (χ4v) is 4.08. The molecule has 1 aliphatic rings. The van der Waals surface area contributed by atoms with Gasteiger partial charge in [0.15, 0.2) is 0 Å². The minimum atomic E-state index is 0.121. The molecule has 0 saturated heterocycles. The summed E-state index contributed by atoms with van der Waals surface area (Å²) < 4.78 is 1.76. The number of carbonyl (C=O) groups excluding carboxylic acids is 1. The highest BCUT2D eigenvalue weighted by Gasteiger charge is 2.33. The molecular formula is C17H29N3O. The average Bonchev–Trinajstić information content (AvgIpc) is 2.53. The number of aryl methyl sites for hydroxylation is 2. The molecule has 1 fully saturated rings. The Bertz CT molecular complexity index is 530. The zero-order valence-electron chi connectivity index (χ0n) is 14.3. The predicted octanol–water partition coefficient (Wildman–Crippen LogP) is 3.83. The molecule has 2 atom stereocenters. The van der Waals surface area contributed by atoms with Gasteiger partial charge in [-0.15, -0.1) is 0 Å². The van der Waals surface area contributed by atoms with Crippen molar-refractivity contribution in [2.75, 3.05) is 5.32 Å². The lowest BCUT2D eigenvalue weighted by Gasteiger charge is -2.38. The Morgan fingerprint density at radius 2 is 2.05 bits per heavy atom. The van der Waals surface area contributed by atoms with Crippen LogP contribution in [0.1, 0.15) is 57.7 Å². The number of rotatable bonds is 3. The van der Waals surface area contributed by atoms with Crippen LogP contribution in [0.25, 0.3) is 0 Å². The summed E-state index contributed by atoms with van der Waals surface area (Å²) in [4.78, 5) is 12.4. The molecule has 1 saturated carbocycles. The summed E-state index contributed by atoms with van der Waals surface area (Å²) in [5, 5.41) is 7.40. The number of nitrogens with zero attached hydrogens (tertiary/aromatic N) is 2. The van der Waals surface area contributed by atoms with Crippen molar-refractivity contribution < 1.29 is 4.79 Å². The van der Waals surface area contributed by atoms with Crippen molar-refractivity contribution in [1.82, 2.24) is 9.78 Å². The molecule has 1 heterocycles. The molecule has 4 heteroatoms. The highest BCUT2D eigenvalue weighted by Crippen LogP contribution is 2.42. The van der Waals surface area contributed by atoms with Crippen molar-refractivity contribution in [3.05, 3.63) is 11.3 Å². The number of nitrogens with one attached hydrogen (secondary N) is 1. The second-order valence-corrected chi connectivity index (χ2v) is 7.71. The van der Waals surface area contributed by atoms with Gasteiger partial charge in [-0.05, 0) is 50.4 Å². The van der Waals surface area contributed by atoms with E-state index in [1.807, 2.05) is 20.9 Å². The van der Waals surface area contributed by atoms with Crippen LogP contribution in [0.3, 0.4) is 0 Å². The van der Waals surface area contributed by atoms with E-state index in [2.05, 4.69) is 31.2 Å². The van der Waals surface area contributed by atoms with Gasteiger partial charge in [-0.1, -0.05) is 20.8 Å². The third-order valence-corrected chi connectivity index (χ3v) is 4.73. The van der Waals surface area contributed by atoms with E-state index in [1.165, 1.54) is 12.8 Å². The maximum Gasteiger partial charge on any atom is 0.225 e. The summed E-state index contributed by atoms with van der Waals surface area (Å²) in [5.74, 6) is 2.17. The second kappa shape index (κ2) is 5.82. The molecule has 1 amide bonds. The summed E-state index contributed by atoms with van der Waals surface area (Å²) in [6.07, 6.45) is 4.21. The summed E-state index contributed by atoms with van der Waals surface area (Å²) >= 11 is 0. The molecule has 118 valence electrons. The van der Waals surface area contributed by atoms with Crippen molar-refractivity contribution in [2.45, 2.75) is 60.3 Å². The Morgan fingerprint density at radius 1 is 1.38 bits per heavy atom. The van der Waals surface area contributed by atoms with Gasteiger partial charge < -0.3 is 5.32 Å². The van der Waals surface area contributed by atoms with Gasteiger partial charge in [0.1, 0.15) is 5.82 Å². The van der Waals surface area contributed by atoms with E-state index in [0.29, 0.717) is 23.7 Å². The number of amides is 1. The Hall–Kier alpha value is -1.32. The van der Waals surface area contributed by atoms with E-state index in [0.717, 1.165) is 23.5 Å². The van der Waals surface area contributed by atoms with Gasteiger partial charge in [-0.2, -0.15) is 5.10 Å². The largest absolute Gasteiger partial charge is 0.311 e. The number of hydrogen-bond donors (Lipinski definition) is 1. The number of hydrogen-bond acceptors (Lipinski definition) is 2. The standard InChI is InChI=1S/C17H29N3O/c1-11-7-14(10-17(4,5)9-11)8-15(21)18-16-12(2)13(3)19-20(16)6/h11,14H,7-10H2,1-6H3,(H,18,21). The van der Waals surface area contributed by atoms with Crippen LogP contribution in [0.2, 0.25) is 0 Å². The summed E-state index contributed by atoms with van der Waals surface area (Å²) in [7, 11) is 1.88. The van der Waals surface area contributed by atoms with Gasteiger partial charge >= 0.3 is 0 Å². The maximum atomic E-state index is 12.4. The lowest BCUT2D eigenvalue weighted by molar-refractivity contribution is -0.117. The molecular weight excluding hydrogens is 262 g/mol. The molecule has 4 nitrogen and oxygen atoms in total. The molecule has 1 N–H and O–H groups in total. The van der Waals surface area contributed by atoms with Crippen LogP contribution in [-0.4, -0.2) is 15.7 Å². The van der Waals surface area contributed by atoms with Crippen LogP contribution in [0.4, 0.5) is 5.82 Å². The first-order valence-corrected chi connectivity index (χ1v) is 7.98. The smallest absolute Gasteiger partial charge is 0.225 e. The molecule has 0 bridgehead atoms. The topological polar surface area (TPSA) is 46.9 Å². The minimum absolute atomic E-state index is 0.121. The molecule has 1 aliphatic carbocycles. The van der Waals surface area contributed by atoms with E-state index in [9.17, 15) is 4.79 Å². The van der Waals surface area contributed by atoms with Crippen LogP contribution >= 0.6 is 0 Å². The second-order valence-electron chi connectivity index (χ2n) is 7.71. The zero-order chi connectivity index (χ0) is 15.8. The molecule has 1 aromatic rings. The first-order valence-electron chi connectivity index (χ1n) is 7.98. The van der Waals surface area contributed by atoms with Gasteiger partial charge in [0.05, 0.1) is 5.69 Å². The van der Waals surface area contributed by atoms with Crippen molar-refractivity contribution in [2.24, 2.45) is 24.3 Å². The molecule has 1 aromatic heterocycles. The SMILES string of the molecule is Cc1nn(C)c(NC(=O)CC2CC(C)CC(C)(C)C2)c1C. The lowest BCUT2D eigenvalue weighted by Crippen LogP contribution is -2.30. The van der Waals surface area contributed by atoms with Crippen LogP contribution in [0.5, 0.6) is 0 Å². The van der Waals surface area contributed by atoms with E-state index in [-0.39, 0.29) is 5.91 Å². The first kappa shape index (κ1) is 16.1. The number of aromatic nitrogens is 2. The zero-order valence-corrected chi connectivity index (χ0v) is 14.3. The molecule has 0 radical (unpaired) electrons. The molecule has 2 rings (SSSR count). The van der Waals surface area contributed by atoms with Crippen molar-refractivity contribution >= 4 is 11.7 Å². The highest BCUT2D eigenvalue weighted by atomic mass is 16.1. The predicted molar refractivity (Wildman–Crippen MR) is 86.2 cm³/mol. The lowest BCUT2D eigenvalue weighted by atomic mass is 9.67. The maximum absolute atomic E-state index is 12.4. The Kier molecular flexibility index (Phi) is 4.45. The van der Waals surface area contributed by atoms with E-state index < -0.39 is 0 Å². The third kappa shape index (κ3) is 3.86. The Labute approximate surface area is 128 Å². The average molecular weight is 291 g/mol. The molecule has 21 heavy (non-hydrogen) atoms. The fourth-order valence-electron chi connectivity index (χ4n) is 4.08. The van der Waals surface area contributed by atoms with E-state index in [4.69, 9.17) is 0 Å². The van der Waals surface area contributed by atoms with Crippen molar-refractivity contribution in [3.8, 4) is 0 Å². The van der Waals surface area contributed by atoms with Crippen LogP contribution in [0, 0.1) is 31.1 Å². The van der Waals surface area contributed by atoms with Crippen LogP contribution < -0.4 is 5.32 Å². The molecule has 0 aliphatic heterocycles.